The standard InChI is InChI=1S/C21H23N3O4/c1-21(2,3)18(25)17-16-15(14-6-5-11-22-24(14)17)19(26)23(20(16)27)12-7-9-13(28-4)10-8-12/h5-11,14-17H,1-4H3/t14-,15-,16-,17+/m1/s1. The number of anilines is 1. The molecule has 0 unspecified atom stereocenters. The average molecular weight is 381 g/mol. The van der Waals surface area contributed by atoms with Crippen molar-refractivity contribution in [1.82, 2.24) is 5.01 Å². The van der Waals surface area contributed by atoms with Crippen molar-refractivity contribution in [1.29, 1.82) is 0 Å². The number of allylic oxidation sites excluding steroid dienone is 1. The Balaban J connectivity index is 1.76. The summed E-state index contributed by atoms with van der Waals surface area (Å²) < 4.78 is 5.15. The maximum Gasteiger partial charge on any atom is 0.240 e. The second-order valence-corrected chi connectivity index (χ2v) is 8.34. The molecule has 7 heteroatoms. The highest BCUT2D eigenvalue weighted by molar-refractivity contribution is 6.24. The first-order valence-corrected chi connectivity index (χ1v) is 9.31. The molecule has 0 aliphatic carbocycles. The first kappa shape index (κ1) is 18.4. The molecule has 0 saturated carbocycles. The number of ketones is 1. The Morgan fingerprint density at radius 1 is 1.07 bits per heavy atom. The van der Waals surface area contributed by atoms with Gasteiger partial charge in [-0.1, -0.05) is 26.8 Å². The molecule has 1 aromatic carbocycles. The minimum atomic E-state index is -0.754. The number of fused-ring (bicyclic) bond motifs is 3. The number of methoxy groups -OCH3 is 1. The van der Waals surface area contributed by atoms with Crippen molar-refractivity contribution in [3.63, 3.8) is 0 Å². The van der Waals surface area contributed by atoms with Crippen LogP contribution >= 0.6 is 0 Å². The molecular weight excluding hydrogens is 358 g/mol. The number of Topliss-reactive ketones (excluding diaryl/α,β-unsaturated/α-hetero) is 1. The lowest BCUT2D eigenvalue weighted by Gasteiger charge is -2.33. The zero-order valence-corrected chi connectivity index (χ0v) is 16.3. The highest BCUT2D eigenvalue weighted by atomic mass is 16.5. The van der Waals surface area contributed by atoms with Gasteiger partial charge in [-0.25, -0.2) is 4.90 Å². The van der Waals surface area contributed by atoms with Crippen LogP contribution in [-0.4, -0.2) is 48.0 Å². The van der Waals surface area contributed by atoms with E-state index in [1.54, 1.807) is 48.7 Å². The topological polar surface area (TPSA) is 79.3 Å². The van der Waals surface area contributed by atoms with E-state index < -0.39 is 29.3 Å². The smallest absolute Gasteiger partial charge is 0.240 e. The number of rotatable bonds is 3. The number of ether oxygens (including phenoxy) is 1. The minimum Gasteiger partial charge on any atom is -0.497 e. The number of carbonyl (C=O) groups is 3. The molecule has 4 rings (SSSR count). The van der Waals surface area contributed by atoms with Crippen LogP contribution in [0.2, 0.25) is 0 Å². The third kappa shape index (κ3) is 2.57. The summed E-state index contributed by atoms with van der Waals surface area (Å²) in [5, 5.41) is 5.98. The lowest BCUT2D eigenvalue weighted by atomic mass is 9.80. The van der Waals surface area contributed by atoms with E-state index in [-0.39, 0.29) is 17.6 Å². The van der Waals surface area contributed by atoms with Gasteiger partial charge in [0.15, 0.2) is 5.78 Å². The molecule has 0 radical (unpaired) electrons. The molecule has 0 N–H and O–H groups in total. The van der Waals surface area contributed by atoms with Gasteiger partial charge in [-0.3, -0.25) is 19.4 Å². The molecule has 3 aliphatic heterocycles. The zero-order valence-electron chi connectivity index (χ0n) is 16.3. The van der Waals surface area contributed by atoms with Crippen molar-refractivity contribution in [3.05, 3.63) is 36.4 Å². The summed E-state index contributed by atoms with van der Waals surface area (Å²) in [7, 11) is 1.55. The summed E-state index contributed by atoms with van der Waals surface area (Å²) >= 11 is 0. The molecule has 2 amide bonds. The quantitative estimate of drug-likeness (QED) is 0.749. The first-order chi connectivity index (χ1) is 13.3. The molecule has 146 valence electrons. The number of hydrazone groups is 1. The Hall–Kier alpha value is -2.96. The summed E-state index contributed by atoms with van der Waals surface area (Å²) in [5.41, 5.74) is -0.167. The van der Waals surface area contributed by atoms with Crippen LogP contribution in [0.25, 0.3) is 0 Å². The normalized spacial score (nSPS) is 28.6. The molecule has 3 heterocycles. The Labute approximate surface area is 163 Å². The van der Waals surface area contributed by atoms with Gasteiger partial charge in [0.25, 0.3) is 0 Å². The van der Waals surface area contributed by atoms with Crippen LogP contribution in [0.3, 0.4) is 0 Å². The Kier molecular flexibility index (Phi) is 4.14. The second kappa shape index (κ2) is 6.29. The van der Waals surface area contributed by atoms with Crippen LogP contribution in [0.15, 0.2) is 41.5 Å². The van der Waals surface area contributed by atoms with E-state index in [2.05, 4.69) is 5.10 Å². The highest BCUT2D eigenvalue weighted by Gasteiger charge is 2.64. The molecule has 2 saturated heterocycles. The van der Waals surface area contributed by atoms with Gasteiger partial charge in [-0.2, -0.15) is 5.10 Å². The van der Waals surface area contributed by atoms with Crippen LogP contribution in [0.5, 0.6) is 5.75 Å². The number of hydrogen-bond acceptors (Lipinski definition) is 6. The van der Waals surface area contributed by atoms with Crippen molar-refractivity contribution in [2.24, 2.45) is 22.4 Å². The minimum absolute atomic E-state index is 0.0878. The SMILES string of the molecule is COc1ccc(N2C(=O)[C@@H]3[C@H](C2=O)[C@H]2C=CC=NN2[C@@H]3C(=O)C(C)(C)C)cc1. The van der Waals surface area contributed by atoms with Gasteiger partial charge >= 0.3 is 0 Å². The third-order valence-corrected chi connectivity index (χ3v) is 5.63. The summed E-state index contributed by atoms with van der Waals surface area (Å²) in [6.45, 7) is 5.47. The van der Waals surface area contributed by atoms with Gasteiger partial charge in [0.1, 0.15) is 11.8 Å². The number of benzene rings is 1. The molecule has 0 spiro atoms. The van der Waals surface area contributed by atoms with Crippen LogP contribution in [-0.2, 0) is 14.4 Å². The number of hydrogen-bond donors (Lipinski definition) is 0. The Morgan fingerprint density at radius 3 is 2.32 bits per heavy atom. The lowest BCUT2D eigenvalue weighted by molar-refractivity contribution is -0.136. The fourth-order valence-electron chi connectivity index (χ4n) is 4.27. The number of carbonyl (C=O) groups excluding carboxylic acids is 3. The van der Waals surface area contributed by atoms with Crippen molar-refractivity contribution < 1.29 is 19.1 Å². The van der Waals surface area contributed by atoms with E-state index in [1.807, 2.05) is 26.8 Å². The summed E-state index contributed by atoms with van der Waals surface area (Å²) in [5.74, 6) is -1.46. The largest absolute Gasteiger partial charge is 0.497 e. The molecule has 2 fully saturated rings. The van der Waals surface area contributed by atoms with Gasteiger partial charge in [0.05, 0.1) is 30.7 Å². The maximum atomic E-state index is 13.4. The molecular formula is C21H23N3O4. The molecule has 28 heavy (non-hydrogen) atoms. The van der Waals surface area contributed by atoms with Gasteiger partial charge < -0.3 is 4.74 Å². The molecule has 1 aromatic rings. The van der Waals surface area contributed by atoms with Gasteiger partial charge in [-0.05, 0) is 30.3 Å². The van der Waals surface area contributed by atoms with Crippen LogP contribution in [0.4, 0.5) is 5.69 Å². The monoisotopic (exact) mass is 381 g/mol. The fourth-order valence-corrected chi connectivity index (χ4v) is 4.27. The van der Waals surface area contributed by atoms with E-state index >= 15 is 0 Å². The van der Waals surface area contributed by atoms with Crippen molar-refractivity contribution in [2.75, 3.05) is 12.0 Å². The summed E-state index contributed by atoms with van der Waals surface area (Å²) in [4.78, 5) is 41.0. The van der Waals surface area contributed by atoms with E-state index in [0.29, 0.717) is 11.4 Å². The van der Waals surface area contributed by atoms with Crippen LogP contribution in [0.1, 0.15) is 20.8 Å². The maximum absolute atomic E-state index is 13.4. The van der Waals surface area contributed by atoms with Gasteiger partial charge in [0, 0.05) is 11.6 Å². The zero-order chi connectivity index (χ0) is 20.2. The Morgan fingerprint density at radius 2 is 1.71 bits per heavy atom. The van der Waals surface area contributed by atoms with E-state index in [1.165, 1.54) is 4.90 Å². The summed E-state index contributed by atoms with van der Waals surface area (Å²) in [6, 6.07) is 5.63. The fraction of sp³-hybridized carbons (Fsp3) is 0.429. The molecule has 0 aromatic heterocycles. The molecule has 7 nitrogen and oxygen atoms in total. The van der Waals surface area contributed by atoms with E-state index in [9.17, 15) is 14.4 Å². The number of nitrogens with zero attached hydrogens (tertiary/aromatic N) is 3. The average Bonchev–Trinajstić information content (AvgIpc) is 3.14. The number of amides is 2. The highest BCUT2D eigenvalue weighted by Crippen LogP contribution is 2.47. The second-order valence-electron chi connectivity index (χ2n) is 8.34. The predicted octanol–water partition coefficient (Wildman–Crippen LogP) is 2.02. The van der Waals surface area contributed by atoms with Crippen LogP contribution < -0.4 is 9.64 Å². The molecule has 0 bridgehead atoms. The molecule has 4 atom stereocenters. The van der Waals surface area contributed by atoms with Crippen molar-refractivity contribution >= 4 is 29.5 Å². The Bertz CT molecular complexity index is 897. The molecule has 3 aliphatic rings. The van der Waals surface area contributed by atoms with Gasteiger partial charge in [-0.15, -0.1) is 0 Å². The van der Waals surface area contributed by atoms with E-state index in [0.717, 1.165) is 0 Å². The van der Waals surface area contributed by atoms with Crippen molar-refractivity contribution in [2.45, 2.75) is 32.9 Å². The van der Waals surface area contributed by atoms with Gasteiger partial charge in [0.2, 0.25) is 11.8 Å². The van der Waals surface area contributed by atoms with E-state index in [4.69, 9.17) is 4.74 Å². The third-order valence-electron chi connectivity index (χ3n) is 5.63. The summed E-state index contributed by atoms with van der Waals surface area (Å²) in [6.07, 6.45) is 5.20. The van der Waals surface area contributed by atoms with Crippen molar-refractivity contribution in [3.8, 4) is 5.75 Å². The predicted molar refractivity (Wildman–Crippen MR) is 104 cm³/mol. The van der Waals surface area contributed by atoms with Crippen LogP contribution in [0, 0.1) is 17.3 Å². The number of imide groups is 1. The lowest BCUT2D eigenvalue weighted by Crippen LogP contribution is -2.49. The first-order valence-electron chi connectivity index (χ1n) is 9.31.